The fraction of sp³-hybridized carbons (Fsp3) is 0.176. The molecule has 0 unspecified atom stereocenters. The largest absolute Gasteiger partial charge is 0.289 e. The van der Waals surface area contributed by atoms with E-state index >= 15 is 0 Å². The average Bonchev–Trinajstić information content (AvgIpc) is 2.82. The zero-order valence-electron chi connectivity index (χ0n) is 12.5. The highest BCUT2D eigenvalue weighted by Crippen LogP contribution is 2.35. The van der Waals surface area contributed by atoms with Crippen molar-refractivity contribution in [1.82, 2.24) is 5.01 Å². The molecule has 0 aromatic heterocycles. The third-order valence-corrected chi connectivity index (χ3v) is 4.30. The molecule has 0 saturated carbocycles. The van der Waals surface area contributed by atoms with Crippen LogP contribution in [-0.2, 0) is 10.3 Å². The zero-order valence-corrected chi connectivity index (χ0v) is 13.3. The first-order valence-electron chi connectivity index (χ1n) is 7.01. The summed E-state index contributed by atoms with van der Waals surface area (Å²) < 4.78 is 0. The van der Waals surface area contributed by atoms with Gasteiger partial charge in [-0.05, 0) is 30.9 Å². The zero-order chi connectivity index (χ0) is 15.6. The van der Waals surface area contributed by atoms with Crippen molar-refractivity contribution in [3.8, 4) is 0 Å². The Kier molecular flexibility index (Phi) is 3.90. The fourth-order valence-electron chi connectivity index (χ4n) is 2.42. The van der Waals surface area contributed by atoms with Crippen LogP contribution in [0.15, 0.2) is 65.7 Å². The number of carbonyl (C=O) groups excluding carboxylic acids is 1. The van der Waals surface area contributed by atoms with Gasteiger partial charge in [0.15, 0.2) is 10.7 Å². The number of carbonyl (C=O) groups is 1. The van der Waals surface area contributed by atoms with E-state index in [1.165, 1.54) is 16.8 Å². The molecule has 2 aromatic rings. The van der Waals surface area contributed by atoms with Gasteiger partial charge in [0, 0.05) is 0 Å². The van der Waals surface area contributed by atoms with Crippen LogP contribution in [0, 0.1) is 0 Å². The molecule has 1 aliphatic rings. The van der Waals surface area contributed by atoms with E-state index in [1.807, 2.05) is 73.8 Å². The van der Waals surface area contributed by atoms with Crippen LogP contribution >= 0.6 is 11.8 Å². The molecule has 0 radical (unpaired) electrons. The standard InChI is InChI=1S/C17H17N3OS/c1-17(13-9-5-3-6-10-13)15(21)20(16(18-17)22-2)19-14-11-7-4-8-12-14/h3-12,19H,1-2H3/t17-/m1/s1. The van der Waals surface area contributed by atoms with E-state index < -0.39 is 5.54 Å². The number of nitrogens with zero attached hydrogens (tertiary/aromatic N) is 2. The van der Waals surface area contributed by atoms with E-state index in [4.69, 9.17) is 0 Å². The lowest BCUT2D eigenvalue weighted by molar-refractivity contribution is -0.129. The normalized spacial score (nSPS) is 20.9. The monoisotopic (exact) mass is 311 g/mol. The Labute approximate surface area is 134 Å². The number of thioether (sulfide) groups is 1. The first kappa shape index (κ1) is 14.7. The number of amides is 1. The number of hydrogen-bond acceptors (Lipinski definition) is 4. The van der Waals surface area contributed by atoms with Crippen LogP contribution in [0.3, 0.4) is 0 Å². The Bertz CT molecular complexity index is 702. The third-order valence-electron chi connectivity index (χ3n) is 3.66. The molecular formula is C17H17N3OS. The van der Waals surface area contributed by atoms with E-state index in [0.717, 1.165) is 11.3 Å². The van der Waals surface area contributed by atoms with Gasteiger partial charge in [0.1, 0.15) is 0 Å². The number of hydrogen-bond donors (Lipinski definition) is 1. The molecule has 112 valence electrons. The molecule has 0 fully saturated rings. The van der Waals surface area contributed by atoms with Crippen LogP contribution in [-0.4, -0.2) is 22.3 Å². The number of hydrazine groups is 1. The van der Waals surface area contributed by atoms with Crippen molar-refractivity contribution in [2.45, 2.75) is 12.5 Å². The molecule has 1 aliphatic heterocycles. The molecule has 4 nitrogen and oxygen atoms in total. The van der Waals surface area contributed by atoms with Gasteiger partial charge < -0.3 is 0 Å². The number of aliphatic imine (C=N–C) groups is 1. The van der Waals surface area contributed by atoms with Gasteiger partial charge in [-0.3, -0.25) is 10.2 Å². The summed E-state index contributed by atoms with van der Waals surface area (Å²) in [6.07, 6.45) is 1.92. The van der Waals surface area contributed by atoms with Crippen LogP contribution in [0.5, 0.6) is 0 Å². The summed E-state index contributed by atoms with van der Waals surface area (Å²) >= 11 is 1.45. The summed E-state index contributed by atoms with van der Waals surface area (Å²) in [4.78, 5) is 17.6. The maximum absolute atomic E-state index is 12.9. The SMILES string of the molecule is CSC1=N[C@](C)(c2ccccc2)C(=O)N1Nc1ccccc1. The van der Waals surface area contributed by atoms with Crippen LogP contribution in [0.1, 0.15) is 12.5 Å². The van der Waals surface area contributed by atoms with Crippen LogP contribution in [0.4, 0.5) is 5.69 Å². The number of nitrogens with one attached hydrogen (secondary N) is 1. The Morgan fingerprint density at radius 3 is 2.23 bits per heavy atom. The second-order valence-electron chi connectivity index (χ2n) is 5.16. The summed E-state index contributed by atoms with van der Waals surface area (Å²) in [6.45, 7) is 1.85. The van der Waals surface area contributed by atoms with Gasteiger partial charge in [0.25, 0.3) is 5.91 Å². The van der Waals surface area contributed by atoms with Crippen LogP contribution in [0.25, 0.3) is 0 Å². The first-order valence-corrected chi connectivity index (χ1v) is 8.23. The quantitative estimate of drug-likeness (QED) is 0.943. The van der Waals surface area contributed by atoms with Gasteiger partial charge in [-0.15, -0.1) is 0 Å². The maximum atomic E-state index is 12.9. The Morgan fingerprint density at radius 1 is 1.05 bits per heavy atom. The highest BCUT2D eigenvalue weighted by atomic mass is 32.2. The van der Waals surface area contributed by atoms with E-state index in [0.29, 0.717) is 5.17 Å². The molecule has 5 heteroatoms. The number of benzene rings is 2. The minimum atomic E-state index is -0.888. The molecule has 1 amide bonds. The van der Waals surface area contributed by atoms with Crippen molar-refractivity contribution in [2.75, 3.05) is 11.7 Å². The van der Waals surface area contributed by atoms with Crippen molar-refractivity contribution in [1.29, 1.82) is 0 Å². The summed E-state index contributed by atoms with van der Waals surface area (Å²) in [6, 6.07) is 19.3. The molecule has 1 N–H and O–H groups in total. The van der Waals surface area contributed by atoms with E-state index in [-0.39, 0.29) is 5.91 Å². The summed E-state index contributed by atoms with van der Waals surface area (Å²) in [7, 11) is 0. The van der Waals surface area contributed by atoms with Gasteiger partial charge in [-0.1, -0.05) is 60.3 Å². The molecule has 0 aliphatic carbocycles. The minimum Gasteiger partial charge on any atom is -0.289 e. The molecular weight excluding hydrogens is 294 g/mol. The van der Waals surface area contributed by atoms with E-state index in [1.54, 1.807) is 0 Å². The number of amidine groups is 1. The molecule has 0 bridgehead atoms. The molecule has 1 atom stereocenters. The Morgan fingerprint density at radius 2 is 1.64 bits per heavy atom. The number of para-hydroxylation sites is 1. The summed E-state index contributed by atoms with van der Waals surface area (Å²) in [5.41, 5.74) is 4.01. The van der Waals surface area contributed by atoms with Crippen molar-refractivity contribution < 1.29 is 4.79 Å². The highest BCUT2D eigenvalue weighted by molar-refractivity contribution is 8.13. The van der Waals surface area contributed by atoms with Crippen LogP contribution in [0.2, 0.25) is 0 Å². The van der Waals surface area contributed by atoms with Gasteiger partial charge in [0.05, 0.1) is 5.69 Å². The summed E-state index contributed by atoms with van der Waals surface area (Å²) in [5.74, 6) is -0.0769. The predicted octanol–water partition coefficient (Wildman–Crippen LogP) is 3.49. The Hall–Kier alpha value is -2.27. The average molecular weight is 311 g/mol. The van der Waals surface area contributed by atoms with E-state index in [9.17, 15) is 4.79 Å². The van der Waals surface area contributed by atoms with Crippen molar-refractivity contribution in [3.63, 3.8) is 0 Å². The van der Waals surface area contributed by atoms with Gasteiger partial charge >= 0.3 is 0 Å². The molecule has 1 heterocycles. The smallest absolute Gasteiger partial charge is 0.279 e. The molecule has 3 rings (SSSR count). The second-order valence-corrected chi connectivity index (χ2v) is 5.93. The molecule has 0 spiro atoms. The van der Waals surface area contributed by atoms with Crippen LogP contribution < -0.4 is 5.43 Å². The van der Waals surface area contributed by atoms with Gasteiger partial charge in [-0.2, -0.15) is 5.01 Å². The second kappa shape index (κ2) is 5.85. The predicted molar refractivity (Wildman–Crippen MR) is 91.7 cm³/mol. The van der Waals surface area contributed by atoms with Gasteiger partial charge in [-0.25, -0.2) is 4.99 Å². The third kappa shape index (κ3) is 2.48. The molecule has 0 saturated heterocycles. The lowest BCUT2D eigenvalue weighted by atomic mass is 9.92. The molecule has 22 heavy (non-hydrogen) atoms. The topological polar surface area (TPSA) is 44.7 Å². The van der Waals surface area contributed by atoms with E-state index in [2.05, 4.69) is 10.4 Å². The lowest BCUT2D eigenvalue weighted by Crippen LogP contribution is -2.42. The van der Waals surface area contributed by atoms with Crippen molar-refractivity contribution in [3.05, 3.63) is 66.2 Å². The van der Waals surface area contributed by atoms with Gasteiger partial charge in [0.2, 0.25) is 0 Å². The van der Waals surface area contributed by atoms with Crippen molar-refractivity contribution >= 4 is 28.5 Å². The number of anilines is 1. The highest BCUT2D eigenvalue weighted by Gasteiger charge is 2.46. The summed E-state index contributed by atoms with van der Waals surface area (Å²) in [5, 5.41) is 2.20. The lowest BCUT2D eigenvalue weighted by Gasteiger charge is -2.23. The minimum absolute atomic E-state index is 0.0769. The number of rotatable bonds is 3. The maximum Gasteiger partial charge on any atom is 0.279 e. The molecule has 2 aromatic carbocycles. The first-order chi connectivity index (χ1) is 10.6. The van der Waals surface area contributed by atoms with Crippen molar-refractivity contribution in [2.24, 2.45) is 4.99 Å². The Balaban J connectivity index is 1.94. The fourth-order valence-corrected chi connectivity index (χ4v) is 3.01.